The Balaban J connectivity index is 2.59. The lowest BCUT2D eigenvalue weighted by Gasteiger charge is -2.22. The maximum atomic E-state index is 12.2. The normalized spacial score (nSPS) is 23.7. The number of likely N-dealkylation sites (N-methyl/N-ethyl adjacent to an activating group) is 1. The molecule has 1 aromatic carbocycles. The van der Waals surface area contributed by atoms with Crippen molar-refractivity contribution in [1.82, 2.24) is 0 Å². The number of rotatable bonds is 2. The molecule has 1 heterocycles. The highest BCUT2D eigenvalue weighted by Gasteiger charge is 2.45. The van der Waals surface area contributed by atoms with Crippen LogP contribution in [0.4, 0.5) is 5.69 Å². The first kappa shape index (κ1) is 11.0. The molecule has 0 saturated heterocycles. The number of hydrogen-bond donors (Lipinski definition) is 2. The molecule has 0 fully saturated rings. The number of carbonyl (C=O) groups excluding carboxylic acids is 1. The number of amides is 1. The fourth-order valence-corrected chi connectivity index (χ4v) is 2.38. The Morgan fingerprint density at radius 1 is 1.50 bits per heavy atom. The summed E-state index contributed by atoms with van der Waals surface area (Å²) in [6, 6.07) is 5.02. The number of nitrogens with two attached hydrogens (primary N) is 1. The molecule has 4 heteroatoms. The minimum atomic E-state index is -0.600. The molecule has 0 aromatic heterocycles. The van der Waals surface area contributed by atoms with E-state index in [4.69, 9.17) is 5.73 Å². The largest absolute Gasteiger partial charge is 0.508 e. The molecule has 0 saturated carbocycles. The van der Waals surface area contributed by atoms with Crippen molar-refractivity contribution in [2.75, 3.05) is 18.5 Å². The monoisotopic (exact) mass is 220 g/mol. The number of hydrogen-bond acceptors (Lipinski definition) is 3. The van der Waals surface area contributed by atoms with Gasteiger partial charge < -0.3 is 15.7 Å². The molecule has 1 amide bonds. The molecule has 1 aromatic rings. The quantitative estimate of drug-likeness (QED) is 0.780. The Morgan fingerprint density at radius 2 is 2.19 bits per heavy atom. The number of aromatic hydroxyl groups is 1. The van der Waals surface area contributed by atoms with E-state index >= 15 is 0 Å². The van der Waals surface area contributed by atoms with E-state index in [0.29, 0.717) is 13.0 Å². The van der Waals surface area contributed by atoms with E-state index in [-0.39, 0.29) is 11.7 Å². The van der Waals surface area contributed by atoms with Gasteiger partial charge in [0.05, 0.1) is 5.41 Å². The molecule has 3 N–H and O–H groups in total. The van der Waals surface area contributed by atoms with Gasteiger partial charge in [0.15, 0.2) is 0 Å². The van der Waals surface area contributed by atoms with Crippen LogP contribution in [0.2, 0.25) is 0 Å². The Hall–Kier alpha value is -1.55. The lowest BCUT2D eigenvalue weighted by atomic mass is 9.80. The fraction of sp³-hybridized carbons (Fsp3) is 0.417. The average molecular weight is 220 g/mol. The lowest BCUT2D eigenvalue weighted by Crippen LogP contribution is -2.37. The van der Waals surface area contributed by atoms with E-state index in [1.165, 1.54) is 0 Å². The van der Waals surface area contributed by atoms with Gasteiger partial charge >= 0.3 is 0 Å². The minimum Gasteiger partial charge on any atom is -0.508 e. The van der Waals surface area contributed by atoms with E-state index in [0.717, 1.165) is 11.3 Å². The smallest absolute Gasteiger partial charge is 0.237 e. The SMILES string of the molecule is CN1C(=O)C(C)(CCN)c2cc(O)ccc21. The highest BCUT2D eigenvalue weighted by atomic mass is 16.3. The molecule has 1 atom stereocenters. The summed E-state index contributed by atoms with van der Waals surface area (Å²) in [5, 5.41) is 9.51. The van der Waals surface area contributed by atoms with Crippen molar-refractivity contribution in [2.45, 2.75) is 18.8 Å². The van der Waals surface area contributed by atoms with Crippen LogP contribution in [0.1, 0.15) is 18.9 Å². The van der Waals surface area contributed by atoms with E-state index in [1.807, 2.05) is 6.92 Å². The van der Waals surface area contributed by atoms with Crippen LogP contribution in [0.5, 0.6) is 5.75 Å². The molecule has 2 rings (SSSR count). The van der Waals surface area contributed by atoms with Gasteiger partial charge in [-0.3, -0.25) is 4.79 Å². The van der Waals surface area contributed by atoms with Crippen molar-refractivity contribution < 1.29 is 9.90 Å². The molecule has 0 bridgehead atoms. The van der Waals surface area contributed by atoms with Crippen LogP contribution in [0.15, 0.2) is 18.2 Å². The van der Waals surface area contributed by atoms with Crippen molar-refractivity contribution in [2.24, 2.45) is 5.73 Å². The molecule has 1 aliphatic heterocycles. The summed E-state index contributed by atoms with van der Waals surface area (Å²) >= 11 is 0. The van der Waals surface area contributed by atoms with Crippen molar-refractivity contribution in [3.05, 3.63) is 23.8 Å². The van der Waals surface area contributed by atoms with Gasteiger partial charge in [0.2, 0.25) is 5.91 Å². The minimum absolute atomic E-state index is 0.0403. The van der Waals surface area contributed by atoms with E-state index in [9.17, 15) is 9.90 Å². The summed E-state index contributed by atoms with van der Waals surface area (Å²) in [5.41, 5.74) is 6.69. The third-order valence-electron chi connectivity index (χ3n) is 3.36. The summed E-state index contributed by atoms with van der Waals surface area (Å²) in [7, 11) is 1.75. The molecule has 16 heavy (non-hydrogen) atoms. The van der Waals surface area contributed by atoms with Crippen LogP contribution in [0, 0.1) is 0 Å². The third-order valence-corrected chi connectivity index (χ3v) is 3.36. The number of phenolic OH excluding ortho intramolecular Hbond substituents is 1. The zero-order valence-corrected chi connectivity index (χ0v) is 9.53. The number of nitrogens with zero attached hydrogens (tertiary/aromatic N) is 1. The molecule has 0 spiro atoms. The van der Waals surface area contributed by atoms with Gasteiger partial charge in [-0.25, -0.2) is 0 Å². The number of fused-ring (bicyclic) bond motifs is 1. The van der Waals surface area contributed by atoms with Crippen molar-refractivity contribution in [1.29, 1.82) is 0 Å². The number of phenols is 1. The Morgan fingerprint density at radius 3 is 2.81 bits per heavy atom. The molecular weight excluding hydrogens is 204 g/mol. The second kappa shape index (κ2) is 3.49. The molecule has 0 aliphatic carbocycles. The Labute approximate surface area is 94.7 Å². The number of carbonyl (C=O) groups is 1. The topological polar surface area (TPSA) is 66.6 Å². The molecule has 1 aliphatic rings. The first-order valence-corrected chi connectivity index (χ1v) is 5.32. The van der Waals surface area contributed by atoms with E-state index in [2.05, 4.69) is 0 Å². The Kier molecular flexibility index (Phi) is 2.39. The summed E-state index contributed by atoms with van der Waals surface area (Å²) in [5.74, 6) is 0.226. The highest BCUT2D eigenvalue weighted by Crippen LogP contribution is 2.44. The van der Waals surface area contributed by atoms with Gasteiger partial charge in [0.25, 0.3) is 0 Å². The van der Waals surface area contributed by atoms with Gasteiger partial charge in [0, 0.05) is 12.7 Å². The number of anilines is 1. The average Bonchev–Trinajstić information content (AvgIpc) is 2.42. The first-order chi connectivity index (χ1) is 7.50. The van der Waals surface area contributed by atoms with E-state index in [1.54, 1.807) is 30.1 Å². The van der Waals surface area contributed by atoms with Gasteiger partial charge in [-0.15, -0.1) is 0 Å². The van der Waals surface area contributed by atoms with Crippen LogP contribution in [0.25, 0.3) is 0 Å². The molecule has 1 unspecified atom stereocenters. The predicted octanol–water partition coefficient (Wildman–Crippen LogP) is 0.975. The second-order valence-corrected chi connectivity index (χ2v) is 4.44. The zero-order valence-electron chi connectivity index (χ0n) is 9.53. The van der Waals surface area contributed by atoms with Gasteiger partial charge in [-0.2, -0.15) is 0 Å². The van der Waals surface area contributed by atoms with Crippen molar-refractivity contribution in [3.63, 3.8) is 0 Å². The maximum Gasteiger partial charge on any atom is 0.237 e. The number of benzene rings is 1. The summed E-state index contributed by atoms with van der Waals surface area (Å²) in [6.07, 6.45) is 0.590. The molecule has 0 radical (unpaired) electrons. The zero-order chi connectivity index (χ0) is 11.9. The van der Waals surface area contributed by atoms with Crippen LogP contribution >= 0.6 is 0 Å². The van der Waals surface area contributed by atoms with Crippen LogP contribution in [0.3, 0.4) is 0 Å². The summed E-state index contributed by atoms with van der Waals surface area (Å²) in [4.78, 5) is 13.8. The standard InChI is InChI=1S/C12H16N2O2/c1-12(5-6-13)9-7-8(15)3-4-10(9)14(2)11(12)16/h3-4,7,15H,5-6,13H2,1-2H3. The molecule has 86 valence electrons. The lowest BCUT2D eigenvalue weighted by molar-refractivity contribution is -0.122. The summed E-state index contributed by atoms with van der Waals surface area (Å²) in [6.45, 7) is 2.33. The van der Waals surface area contributed by atoms with Gasteiger partial charge in [-0.05, 0) is 43.7 Å². The van der Waals surface area contributed by atoms with Crippen LogP contribution in [-0.4, -0.2) is 24.6 Å². The second-order valence-electron chi connectivity index (χ2n) is 4.44. The first-order valence-electron chi connectivity index (χ1n) is 5.32. The van der Waals surface area contributed by atoms with Crippen molar-refractivity contribution in [3.8, 4) is 5.75 Å². The van der Waals surface area contributed by atoms with Crippen LogP contribution < -0.4 is 10.6 Å². The highest BCUT2D eigenvalue weighted by molar-refractivity contribution is 6.07. The van der Waals surface area contributed by atoms with Crippen LogP contribution in [-0.2, 0) is 10.2 Å². The van der Waals surface area contributed by atoms with Crippen molar-refractivity contribution >= 4 is 11.6 Å². The van der Waals surface area contributed by atoms with Gasteiger partial charge in [-0.1, -0.05) is 0 Å². The molecular formula is C12H16N2O2. The van der Waals surface area contributed by atoms with E-state index < -0.39 is 5.41 Å². The fourth-order valence-electron chi connectivity index (χ4n) is 2.38. The van der Waals surface area contributed by atoms with Gasteiger partial charge in [0.1, 0.15) is 5.75 Å². The molecule has 4 nitrogen and oxygen atoms in total. The maximum absolute atomic E-state index is 12.2. The summed E-state index contributed by atoms with van der Waals surface area (Å²) < 4.78 is 0. The predicted molar refractivity (Wildman–Crippen MR) is 62.5 cm³/mol. The third kappa shape index (κ3) is 1.30. The Bertz CT molecular complexity index is 445.